The van der Waals surface area contributed by atoms with Crippen LogP contribution in [0, 0.1) is 10.1 Å². The molecule has 1 aliphatic rings. The molecule has 6 heteroatoms. The molecule has 0 bridgehead atoms. The molecule has 0 spiro atoms. The van der Waals surface area contributed by atoms with Crippen LogP contribution >= 0.6 is 0 Å². The van der Waals surface area contributed by atoms with Crippen molar-refractivity contribution in [3.8, 4) is 5.75 Å². The molecule has 1 fully saturated rings. The molecule has 1 N–H and O–H groups in total. The van der Waals surface area contributed by atoms with Gasteiger partial charge in [-0.05, 0) is 19.3 Å². The predicted molar refractivity (Wildman–Crippen MR) is 71.7 cm³/mol. The quantitative estimate of drug-likeness (QED) is 0.629. The average molecular weight is 266 g/mol. The smallest absolute Gasteiger partial charge is 0.275 e. The number of benzene rings is 1. The molecule has 0 heterocycles. The highest BCUT2D eigenvalue weighted by Crippen LogP contribution is 2.34. The molecule has 0 saturated heterocycles. The Hall–Kier alpha value is -1.82. The number of methoxy groups -OCH3 is 1. The first kappa shape index (κ1) is 13.6. The van der Waals surface area contributed by atoms with Crippen LogP contribution in [0.25, 0.3) is 0 Å². The number of ether oxygens (including phenoxy) is 1. The normalized spacial score (nSPS) is 14.8. The number of nitro benzene ring substituents is 1. The number of non-ortho nitro benzene ring substituents is 1. The van der Waals surface area contributed by atoms with E-state index < -0.39 is 4.92 Å². The van der Waals surface area contributed by atoms with Gasteiger partial charge in [0.15, 0.2) is 0 Å². The summed E-state index contributed by atoms with van der Waals surface area (Å²) in [7, 11) is 1.49. The van der Waals surface area contributed by atoms with E-state index in [9.17, 15) is 10.1 Å². The Kier molecular flexibility index (Phi) is 4.21. The van der Waals surface area contributed by atoms with Crippen molar-refractivity contribution >= 4 is 11.4 Å². The Morgan fingerprint density at radius 2 is 2.21 bits per heavy atom. The molecule has 0 unspecified atom stereocenters. The van der Waals surface area contributed by atoms with Crippen LogP contribution in [-0.4, -0.2) is 36.3 Å². The van der Waals surface area contributed by atoms with Crippen molar-refractivity contribution in [1.29, 1.82) is 0 Å². The molecule has 19 heavy (non-hydrogen) atoms. The van der Waals surface area contributed by atoms with Crippen molar-refractivity contribution in [2.75, 3.05) is 25.2 Å². The molecular weight excluding hydrogens is 248 g/mol. The standard InChI is InChI=1S/C13H18N2O4/c1-19-13-8-11(7-12(9-13)15(17)18)14(5-6-16)10-3-2-4-10/h7-10,16H,2-6H2,1H3. The summed E-state index contributed by atoms with van der Waals surface area (Å²) in [5.74, 6) is 0.464. The van der Waals surface area contributed by atoms with E-state index in [0.717, 1.165) is 18.5 Å². The summed E-state index contributed by atoms with van der Waals surface area (Å²) in [4.78, 5) is 12.5. The number of anilines is 1. The summed E-state index contributed by atoms with van der Waals surface area (Å²) in [5.41, 5.74) is 0.751. The highest BCUT2D eigenvalue weighted by atomic mass is 16.6. The third-order valence-corrected chi connectivity index (χ3v) is 3.51. The maximum atomic E-state index is 10.9. The van der Waals surface area contributed by atoms with Crippen molar-refractivity contribution in [3.05, 3.63) is 28.3 Å². The van der Waals surface area contributed by atoms with Crippen molar-refractivity contribution in [2.24, 2.45) is 0 Å². The molecule has 1 saturated carbocycles. The van der Waals surface area contributed by atoms with Gasteiger partial charge < -0.3 is 14.7 Å². The second-order valence-corrected chi connectivity index (χ2v) is 4.65. The highest BCUT2D eigenvalue weighted by molar-refractivity contribution is 5.58. The zero-order valence-corrected chi connectivity index (χ0v) is 10.9. The molecule has 2 rings (SSSR count). The van der Waals surface area contributed by atoms with Crippen LogP contribution in [0.1, 0.15) is 19.3 Å². The first-order valence-electron chi connectivity index (χ1n) is 6.36. The number of rotatable bonds is 6. The zero-order valence-electron chi connectivity index (χ0n) is 10.9. The topological polar surface area (TPSA) is 75.8 Å². The fourth-order valence-electron chi connectivity index (χ4n) is 2.29. The van der Waals surface area contributed by atoms with Crippen LogP contribution in [-0.2, 0) is 0 Å². The van der Waals surface area contributed by atoms with Gasteiger partial charge in [0.25, 0.3) is 5.69 Å². The first-order chi connectivity index (χ1) is 9.15. The number of aliphatic hydroxyl groups excluding tert-OH is 1. The summed E-state index contributed by atoms with van der Waals surface area (Å²) < 4.78 is 5.11. The average Bonchev–Trinajstić information content (AvgIpc) is 2.35. The molecule has 1 aromatic carbocycles. The van der Waals surface area contributed by atoms with Gasteiger partial charge in [0.1, 0.15) is 5.75 Å². The van der Waals surface area contributed by atoms with Gasteiger partial charge in [-0.1, -0.05) is 0 Å². The van der Waals surface area contributed by atoms with Crippen LogP contribution in [0.4, 0.5) is 11.4 Å². The Morgan fingerprint density at radius 3 is 2.68 bits per heavy atom. The molecule has 0 amide bonds. The molecule has 0 atom stereocenters. The van der Waals surface area contributed by atoms with Gasteiger partial charge in [0.2, 0.25) is 0 Å². The Bertz CT molecular complexity index is 460. The maximum Gasteiger partial charge on any atom is 0.275 e. The van der Waals surface area contributed by atoms with Crippen LogP contribution < -0.4 is 9.64 Å². The molecule has 0 radical (unpaired) electrons. The Balaban J connectivity index is 2.34. The van der Waals surface area contributed by atoms with Crippen LogP contribution in [0.3, 0.4) is 0 Å². The highest BCUT2D eigenvalue weighted by Gasteiger charge is 2.26. The number of nitro groups is 1. The maximum absolute atomic E-state index is 10.9. The van der Waals surface area contributed by atoms with Crippen molar-refractivity contribution in [1.82, 2.24) is 0 Å². The second kappa shape index (κ2) is 5.88. The minimum Gasteiger partial charge on any atom is -0.496 e. The summed E-state index contributed by atoms with van der Waals surface area (Å²) >= 11 is 0. The van der Waals surface area contributed by atoms with Crippen LogP contribution in [0.15, 0.2) is 18.2 Å². The van der Waals surface area contributed by atoms with E-state index in [4.69, 9.17) is 9.84 Å². The lowest BCUT2D eigenvalue weighted by atomic mass is 9.91. The van der Waals surface area contributed by atoms with Gasteiger partial charge in [-0.15, -0.1) is 0 Å². The third kappa shape index (κ3) is 2.96. The number of nitrogens with zero attached hydrogens (tertiary/aromatic N) is 2. The molecule has 104 valence electrons. The monoisotopic (exact) mass is 266 g/mol. The van der Waals surface area contributed by atoms with Crippen molar-refractivity contribution < 1.29 is 14.8 Å². The number of hydrogen-bond acceptors (Lipinski definition) is 5. The van der Waals surface area contributed by atoms with E-state index in [-0.39, 0.29) is 12.3 Å². The van der Waals surface area contributed by atoms with E-state index in [2.05, 4.69) is 0 Å². The summed E-state index contributed by atoms with van der Waals surface area (Å²) in [5, 5.41) is 20.1. The van der Waals surface area contributed by atoms with Gasteiger partial charge in [-0.2, -0.15) is 0 Å². The number of aliphatic hydroxyl groups is 1. The summed E-state index contributed by atoms with van der Waals surface area (Å²) in [6, 6.07) is 5.08. The minimum atomic E-state index is -0.427. The van der Waals surface area contributed by atoms with Crippen LogP contribution in [0.2, 0.25) is 0 Å². The zero-order chi connectivity index (χ0) is 13.8. The van der Waals surface area contributed by atoms with Crippen molar-refractivity contribution in [3.63, 3.8) is 0 Å². The number of hydrogen-bond donors (Lipinski definition) is 1. The fourth-order valence-corrected chi connectivity index (χ4v) is 2.29. The van der Waals surface area contributed by atoms with Gasteiger partial charge in [-0.3, -0.25) is 10.1 Å². The summed E-state index contributed by atoms with van der Waals surface area (Å²) in [6.07, 6.45) is 3.29. The van der Waals surface area contributed by atoms with Gasteiger partial charge in [0, 0.05) is 30.4 Å². The summed E-state index contributed by atoms with van der Waals surface area (Å²) in [6.45, 7) is 0.510. The second-order valence-electron chi connectivity index (χ2n) is 4.65. The molecule has 1 aliphatic carbocycles. The molecular formula is C13H18N2O4. The predicted octanol–water partition coefficient (Wildman–Crippen LogP) is 1.95. The van der Waals surface area contributed by atoms with E-state index in [1.165, 1.54) is 25.7 Å². The fraction of sp³-hybridized carbons (Fsp3) is 0.538. The van der Waals surface area contributed by atoms with Gasteiger partial charge in [0.05, 0.1) is 24.7 Å². The first-order valence-corrected chi connectivity index (χ1v) is 6.36. The molecule has 6 nitrogen and oxygen atoms in total. The lowest BCUT2D eigenvalue weighted by Crippen LogP contribution is -2.42. The van der Waals surface area contributed by atoms with Crippen LogP contribution in [0.5, 0.6) is 5.75 Å². The van der Waals surface area contributed by atoms with E-state index in [1.807, 2.05) is 4.90 Å². The molecule has 1 aromatic rings. The largest absolute Gasteiger partial charge is 0.496 e. The van der Waals surface area contributed by atoms with E-state index >= 15 is 0 Å². The molecule has 0 aromatic heterocycles. The Morgan fingerprint density at radius 1 is 1.47 bits per heavy atom. The Labute approximate surface area is 111 Å². The molecule has 0 aliphatic heterocycles. The van der Waals surface area contributed by atoms with E-state index in [0.29, 0.717) is 18.3 Å². The van der Waals surface area contributed by atoms with Gasteiger partial charge >= 0.3 is 0 Å². The van der Waals surface area contributed by atoms with E-state index in [1.54, 1.807) is 6.07 Å². The lowest BCUT2D eigenvalue weighted by molar-refractivity contribution is -0.384. The lowest BCUT2D eigenvalue weighted by Gasteiger charge is -2.39. The van der Waals surface area contributed by atoms with Crippen molar-refractivity contribution in [2.45, 2.75) is 25.3 Å². The minimum absolute atomic E-state index is 0.0108. The SMILES string of the molecule is COc1cc(N(CCO)C2CCC2)cc([N+](=O)[O-])c1. The third-order valence-electron chi connectivity index (χ3n) is 3.51. The van der Waals surface area contributed by atoms with Gasteiger partial charge in [-0.25, -0.2) is 0 Å².